The van der Waals surface area contributed by atoms with Crippen molar-refractivity contribution in [2.75, 3.05) is 18.5 Å². The van der Waals surface area contributed by atoms with Gasteiger partial charge in [0.15, 0.2) is 0 Å². The van der Waals surface area contributed by atoms with Gasteiger partial charge in [-0.3, -0.25) is 9.79 Å². The number of benzene rings is 2. The summed E-state index contributed by atoms with van der Waals surface area (Å²) in [5, 5.41) is 0. The number of esters is 1. The van der Waals surface area contributed by atoms with Gasteiger partial charge < -0.3 is 9.64 Å². The van der Waals surface area contributed by atoms with Crippen LogP contribution in [0.3, 0.4) is 0 Å². The molecule has 0 saturated heterocycles. The van der Waals surface area contributed by atoms with Gasteiger partial charge in [0.25, 0.3) is 0 Å². The van der Waals surface area contributed by atoms with Crippen LogP contribution in [0.4, 0.5) is 5.69 Å². The van der Waals surface area contributed by atoms with E-state index in [1.165, 1.54) is 6.42 Å². The van der Waals surface area contributed by atoms with Gasteiger partial charge in [-0.2, -0.15) is 0 Å². The summed E-state index contributed by atoms with van der Waals surface area (Å²) in [6.07, 6.45) is 3.29. The Hall–Kier alpha value is -2.62. The zero-order chi connectivity index (χ0) is 22.4. The van der Waals surface area contributed by atoms with Crippen LogP contribution in [0.25, 0.3) is 0 Å². The van der Waals surface area contributed by atoms with E-state index in [4.69, 9.17) is 4.74 Å². The van der Waals surface area contributed by atoms with Crippen LogP contribution in [-0.2, 0) is 9.53 Å². The lowest BCUT2D eigenvalue weighted by Crippen LogP contribution is -2.41. The number of hydrogen-bond acceptors (Lipinski definition) is 3. The molecule has 0 unspecified atom stereocenters. The molecule has 1 aliphatic rings. The summed E-state index contributed by atoms with van der Waals surface area (Å²) in [4.78, 5) is 19.8. The SMILES string of the molecule is C/N=C(\c1ccccc1)N(CC(=O)O[C@@H]1C[C@H](C)CC[C@H]1C(C)C)c1ccccc1C. The molecule has 0 radical (unpaired) electrons. The van der Waals surface area contributed by atoms with Crippen LogP contribution in [0.2, 0.25) is 0 Å². The number of carbonyl (C=O) groups excluding carboxylic acids is 1. The second-order valence-corrected chi connectivity index (χ2v) is 9.14. The van der Waals surface area contributed by atoms with Gasteiger partial charge in [0.1, 0.15) is 18.5 Å². The van der Waals surface area contributed by atoms with Crippen LogP contribution < -0.4 is 4.90 Å². The van der Waals surface area contributed by atoms with E-state index in [9.17, 15) is 4.79 Å². The molecule has 31 heavy (non-hydrogen) atoms. The molecule has 1 saturated carbocycles. The largest absolute Gasteiger partial charge is 0.461 e. The van der Waals surface area contributed by atoms with Crippen molar-refractivity contribution in [2.24, 2.45) is 22.7 Å². The molecule has 166 valence electrons. The molecule has 2 aromatic carbocycles. The maximum absolute atomic E-state index is 13.2. The summed E-state index contributed by atoms with van der Waals surface area (Å²) in [5.41, 5.74) is 3.05. The molecular formula is C27H36N2O2. The quantitative estimate of drug-likeness (QED) is 0.333. The summed E-state index contributed by atoms with van der Waals surface area (Å²) in [6.45, 7) is 8.93. The van der Waals surface area contributed by atoms with Crippen LogP contribution in [-0.4, -0.2) is 31.5 Å². The summed E-state index contributed by atoms with van der Waals surface area (Å²) < 4.78 is 6.12. The fourth-order valence-electron chi connectivity index (χ4n) is 4.72. The van der Waals surface area contributed by atoms with E-state index >= 15 is 0 Å². The molecule has 0 amide bonds. The van der Waals surface area contributed by atoms with E-state index in [2.05, 4.69) is 38.8 Å². The maximum Gasteiger partial charge on any atom is 0.326 e. The molecule has 0 aliphatic heterocycles. The molecule has 1 fully saturated rings. The minimum absolute atomic E-state index is 0.00582. The summed E-state index contributed by atoms with van der Waals surface area (Å²) in [5.74, 6) is 2.11. The fraction of sp³-hybridized carbons (Fsp3) is 0.481. The Morgan fingerprint density at radius 3 is 2.42 bits per heavy atom. The minimum Gasteiger partial charge on any atom is -0.461 e. The normalized spacial score (nSPS) is 21.7. The third-order valence-corrected chi connectivity index (χ3v) is 6.44. The predicted molar refractivity (Wildman–Crippen MR) is 129 cm³/mol. The van der Waals surface area contributed by atoms with Crippen molar-refractivity contribution >= 4 is 17.5 Å². The topological polar surface area (TPSA) is 41.9 Å². The van der Waals surface area contributed by atoms with Crippen molar-refractivity contribution in [3.05, 3.63) is 65.7 Å². The number of amidine groups is 1. The van der Waals surface area contributed by atoms with Crippen LogP contribution in [0.1, 0.15) is 51.2 Å². The first-order chi connectivity index (χ1) is 14.9. The molecule has 0 spiro atoms. The molecule has 0 N–H and O–H groups in total. The van der Waals surface area contributed by atoms with Crippen molar-refractivity contribution in [3.8, 4) is 0 Å². The number of ether oxygens (including phenoxy) is 1. The molecule has 0 bridgehead atoms. The minimum atomic E-state index is -0.190. The van der Waals surface area contributed by atoms with E-state index < -0.39 is 0 Å². The van der Waals surface area contributed by atoms with Gasteiger partial charge in [0, 0.05) is 18.3 Å². The number of para-hydroxylation sites is 1. The van der Waals surface area contributed by atoms with Crippen LogP contribution >= 0.6 is 0 Å². The molecule has 3 rings (SSSR count). The third kappa shape index (κ3) is 5.75. The Morgan fingerprint density at radius 2 is 1.77 bits per heavy atom. The van der Waals surface area contributed by atoms with Crippen molar-refractivity contribution < 1.29 is 9.53 Å². The Labute approximate surface area is 187 Å². The number of aliphatic imine (C=N–C) groups is 1. The standard InChI is InChI=1S/C27H36N2O2/c1-19(2)23-16-15-20(3)17-25(23)31-26(30)18-29(24-14-10-9-11-21(24)4)27(28-5)22-12-7-6-8-13-22/h6-14,19-20,23,25H,15-18H2,1-5H3/b28-27+/t20-,23+,25-/m1/s1. The summed E-state index contributed by atoms with van der Waals surface area (Å²) in [6, 6.07) is 18.1. The van der Waals surface area contributed by atoms with Gasteiger partial charge in [-0.05, 0) is 49.1 Å². The molecule has 4 heteroatoms. The fourth-order valence-corrected chi connectivity index (χ4v) is 4.72. The molecular weight excluding hydrogens is 384 g/mol. The van der Waals surface area contributed by atoms with Gasteiger partial charge in [-0.1, -0.05) is 75.7 Å². The van der Waals surface area contributed by atoms with Crippen molar-refractivity contribution in [1.82, 2.24) is 0 Å². The highest BCUT2D eigenvalue weighted by Gasteiger charge is 2.34. The Bertz CT molecular complexity index is 891. The Morgan fingerprint density at radius 1 is 1.10 bits per heavy atom. The van der Waals surface area contributed by atoms with Crippen LogP contribution in [0, 0.1) is 24.7 Å². The molecule has 1 aliphatic carbocycles. The second-order valence-electron chi connectivity index (χ2n) is 9.14. The lowest BCUT2D eigenvalue weighted by atomic mass is 9.75. The molecule has 3 atom stereocenters. The van der Waals surface area contributed by atoms with Gasteiger partial charge in [-0.25, -0.2) is 0 Å². The van der Waals surface area contributed by atoms with E-state index in [0.29, 0.717) is 17.8 Å². The number of rotatable bonds is 6. The Kier molecular flexibility index (Phi) is 7.89. The first kappa shape index (κ1) is 23.1. The van der Waals surface area contributed by atoms with E-state index in [-0.39, 0.29) is 18.6 Å². The smallest absolute Gasteiger partial charge is 0.326 e. The predicted octanol–water partition coefficient (Wildman–Crippen LogP) is 5.88. The van der Waals surface area contributed by atoms with Crippen molar-refractivity contribution in [1.29, 1.82) is 0 Å². The highest BCUT2D eigenvalue weighted by Crippen LogP contribution is 2.35. The molecule has 0 aromatic heterocycles. The molecule has 0 heterocycles. The molecule has 4 nitrogen and oxygen atoms in total. The molecule has 2 aromatic rings. The van der Waals surface area contributed by atoms with Gasteiger partial charge >= 0.3 is 5.97 Å². The highest BCUT2D eigenvalue weighted by molar-refractivity contribution is 6.12. The number of hydrogen-bond donors (Lipinski definition) is 0. The zero-order valence-electron chi connectivity index (χ0n) is 19.5. The number of carbonyl (C=O) groups is 1. The summed E-state index contributed by atoms with van der Waals surface area (Å²) in [7, 11) is 1.77. The van der Waals surface area contributed by atoms with E-state index in [0.717, 1.165) is 35.5 Å². The highest BCUT2D eigenvalue weighted by atomic mass is 16.5. The monoisotopic (exact) mass is 420 g/mol. The van der Waals surface area contributed by atoms with E-state index in [1.54, 1.807) is 7.05 Å². The zero-order valence-corrected chi connectivity index (χ0v) is 19.5. The first-order valence-electron chi connectivity index (χ1n) is 11.5. The van der Waals surface area contributed by atoms with Crippen LogP contribution in [0.15, 0.2) is 59.6 Å². The number of aryl methyl sites for hydroxylation is 1. The lowest BCUT2D eigenvalue weighted by molar-refractivity contribution is -0.154. The lowest BCUT2D eigenvalue weighted by Gasteiger charge is -2.37. The second kappa shape index (κ2) is 10.6. The average molecular weight is 421 g/mol. The average Bonchev–Trinajstić information content (AvgIpc) is 2.74. The summed E-state index contributed by atoms with van der Waals surface area (Å²) >= 11 is 0. The van der Waals surface area contributed by atoms with Crippen LogP contribution in [0.5, 0.6) is 0 Å². The van der Waals surface area contributed by atoms with Gasteiger partial charge in [0.05, 0.1) is 0 Å². The number of anilines is 1. The van der Waals surface area contributed by atoms with Crippen molar-refractivity contribution in [3.63, 3.8) is 0 Å². The van der Waals surface area contributed by atoms with E-state index in [1.807, 2.05) is 53.4 Å². The first-order valence-corrected chi connectivity index (χ1v) is 11.5. The number of nitrogens with zero attached hydrogens (tertiary/aromatic N) is 2. The Balaban J connectivity index is 1.86. The van der Waals surface area contributed by atoms with Crippen molar-refractivity contribution in [2.45, 2.75) is 53.1 Å². The van der Waals surface area contributed by atoms with Gasteiger partial charge in [0.2, 0.25) is 0 Å². The maximum atomic E-state index is 13.2. The third-order valence-electron chi connectivity index (χ3n) is 6.44. The van der Waals surface area contributed by atoms with Gasteiger partial charge in [-0.15, -0.1) is 0 Å².